The number of nitrogens with zero attached hydrogens (tertiary/aromatic N) is 2. The molecule has 0 saturated carbocycles. The maximum atomic E-state index is 13.6. The Morgan fingerprint density at radius 2 is 1.93 bits per heavy atom. The largest absolute Gasteiger partial charge is 0.497 e. The number of rotatable bonds is 7. The molecule has 1 amide bonds. The van der Waals surface area contributed by atoms with Crippen LogP contribution in [0.1, 0.15) is 16.1 Å². The van der Waals surface area contributed by atoms with Crippen LogP contribution in [0, 0.1) is 5.82 Å². The fourth-order valence-electron chi connectivity index (χ4n) is 2.46. The lowest BCUT2D eigenvalue weighted by Crippen LogP contribution is -2.16. The van der Waals surface area contributed by atoms with E-state index in [9.17, 15) is 9.18 Å². The Morgan fingerprint density at radius 3 is 2.67 bits per heavy atom. The molecule has 138 valence electrons. The summed E-state index contributed by atoms with van der Waals surface area (Å²) in [5.74, 6) is 0.350. The molecule has 0 bridgehead atoms. The third-order valence-electron chi connectivity index (χ3n) is 3.87. The van der Waals surface area contributed by atoms with Gasteiger partial charge in [0.2, 0.25) is 0 Å². The summed E-state index contributed by atoms with van der Waals surface area (Å²) in [6.07, 6.45) is 0.786. The fraction of sp³-hybridized carbons (Fsp3) is 0.150. The second kappa shape index (κ2) is 8.75. The van der Waals surface area contributed by atoms with Crippen molar-refractivity contribution >= 4 is 17.4 Å². The van der Waals surface area contributed by atoms with Gasteiger partial charge in [-0.05, 0) is 48.4 Å². The molecule has 0 aliphatic rings. The summed E-state index contributed by atoms with van der Waals surface area (Å²) in [6.45, 7) is 0.655. The summed E-state index contributed by atoms with van der Waals surface area (Å²) in [6, 6.07) is 17.0. The molecule has 27 heavy (non-hydrogen) atoms. The van der Waals surface area contributed by atoms with Gasteiger partial charge in [-0.2, -0.15) is 0 Å². The predicted molar refractivity (Wildman–Crippen MR) is 102 cm³/mol. The molecule has 0 fully saturated rings. The van der Waals surface area contributed by atoms with Gasteiger partial charge in [0, 0.05) is 6.54 Å². The third-order valence-corrected chi connectivity index (χ3v) is 3.87. The van der Waals surface area contributed by atoms with E-state index in [1.54, 1.807) is 25.3 Å². The highest BCUT2D eigenvalue weighted by atomic mass is 19.1. The minimum absolute atomic E-state index is 0.102. The highest BCUT2D eigenvalue weighted by Gasteiger charge is 2.11. The van der Waals surface area contributed by atoms with Crippen molar-refractivity contribution in [3.8, 4) is 5.75 Å². The summed E-state index contributed by atoms with van der Waals surface area (Å²) >= 11 is 0. The molecule has 0 atom stereocenters. The Kier molecular flexibility index (Phi) is 5.94. The number of benzene rings is 2. The van der Waals surface area contributed by atoms with E-state index >= 15 is 0 Å². The lowest BCUT2D eigenvalue weighted by atomic mass is 10.1. The lowest BCUT2D eigenvalue weighted by Gasteiger charge is -2.08. The average molecular weight is 366 g/mol. The molecular weight excluding hydrogens is 347 g/mol. The first-order valence-corrected chi connectivity index (χ1v) is 8.42. The lowest BCUT2D eigenvalue weighted by molar-refractivity contribution is 0.102. The van der Waals surface area contributed by atoms with E-state index in [-0.39, 0.29) is 11.4 Å². The number of hydrogen-bond acceptors (Lipinski definition) is 5. The zero-order valence-corrected chi connectivity index (χ0v) is 14.8. The van der Waals surface area contributed by atoms with Gasteiger partial charge in [0.05, 0.1) is 12.8 Å². The van der Waals surface area contributed by atoms with Gasteiger partial charge in [0.25, 0.3) is 5.91 Å². The molecule has 7 heteroatoms. The normalized spacial score (nSPS) is 10.3. The highest BCUT2D eigenvalue weighted by Crippen LogP contribution is 2.14. The summed E-state index contributed by atoms with van der Waals surface area (Å²) in [7, 11) is 1.64. The van der Waals surface area contributed by atoms with Crippen LogP contribution in [0.4, 0.5) is 15.9 Å². The van der Waals surface area contributed by atoms with Gasteiger partial charge in [0.15, 0.2) is 5.69 Å². The maximum absolute atomic E-state index is 13.6. The number of ether oxygens (including phenoxy) is 1. The molecule has 0 aliphatic carbocycles. The summed E-state index contributed by atoms with van der Waals surface area (Å²) in [5.41, 5.74) is 1.34. The van der Waals surface area contributed by atoms with Crippen molar-refractivity contribution in [2.75, 3.05) is 24.3 Å². The first-order valence-electron chi connectivity index (χ1n) is 8.42. The minimum Gasteiger partial charge on any atom is -0.497 e. The van der Waals surface area contributed by atoms with Crippen LogP contribution < -0.4 is 15.4 Å². The van der Waals surface area contributed by atoms with E-state index in [0.717, 1.165) is 17.7 Å². The molecule has 0 unspecified atom stereocenters. The number of methoxy groups -OCH3 is 1. The van der Waals surface area contributed by atoms with Crippen LogP contribution >= 0.6 is 0 Å². The van der Waals surface area contributed by atoms with Gasteiger partial charge < -0.3 is 15.4 Å². The topological polar surface area (TPSA) is 76.1 Å². The Labute approximate surface area is 156 Å². The monoisotopic (exact) mass is 366 g/mol. The minimum atomic E-state index is -0.518. The second-order valence-electron chi connectivity index (χ2n) is 5.77. The molecule has 1 heterocycles. The Balaban J connectivity index is 1.53. The molecule has 0 radical (unpaired) electrons. The van der Waals surface area contributed by atoms with Crippen LogP contribution in [0.5, 0.6) is 5.75 Å². The van der Waals surface area contributed by atoms with Gasteiger partial charge in [-0.3, -0.25) is 4.79 Å². The van der Waals surface area contributed by atoms with Gasteiger partial charge in [-0.15, -0.1) is 10.2 Å². The molecule has 0 saturated heterocycles. The van der Waals surface area contributed by atoms with Gasteiger partial charge in [-0.1, -0.05) is 24.3 Å². The van der Waals surface area contributed by atoms with Crippen molar-refractivity contribution in [3.63, 3.8) is 0 Å². The summed E-state index contributed by atoms with van der Waals surface area (Å²) < 4.78 is 18.8. The molecular formula is C20H19FN4O2. The zero-order valence-electron chi connectivity index (χ0n) is 14.8. The van der Waals surface area contributed by atoms with Gasteiger partial charge in [0.1, 0.15) is 17.4 Å². The Hall–Kier alpha value is -3.48. The molecule has 6 nitrogen and oxygen atoms in total. The number of para-hydroxylation sites is 1. The van der Waals surface area contributed by atoms with Crippen molar-refractivity contribution < 1.29 is 13.9 Å². The van der Waals surface area contributed by atoms with E-state index < -0.39 is 11.7 Å². The van der Waals surface area contributed by atoms with Crippen LogP contribution in [-0.4, -0.2) is 29.8 Å². The summed E-state index contributed by atoms with van der Waals surface area (Å²) in [4.78, 5) is 12.1. The van der Waals surface area contributed by atoms with E-state index in [1.165, 1.54) is 18.2 Å². The number of carbonyl (C=O) groups excluding carboxylic acids is 1. The van der Waals surface area contributed by atoms with E-state index in [4.69, 9.17) is 4.74 Å². The zero-order chi connectivity index (χ0) is 19.1. The quantitative estimate of drug-likeness (QED) is 0.669. The van der Waals surface area contributed by atoms with Crippen molar-refractivity contribution in [2.24, 2.45) is 0 Å². The van der Waals surface area contributed by atoms with Crippen LogP contribution in [0.3, 0.4) is 0 Å². The van der Waals surface area contributed by atoms with E-state index in [1.807, 2.05) is 24.3 Å². The smallest absolute Gasteiger partial charge is 0.276 e. The van der Waals surface area contributed by atoms with Crippen molar-refractivity contribution in [1.29, 1.82) is 0 Å². The molecule has 0 aliphatic heterocycles. The Morgan fingerprint density at radius 1 is 1.07 bits per heavy atom. The molecule has 2 N–H and O–H groups in total. The van der Waals surface area contributed by atoms with Crippen molar-refractivity contribution in [1.82, 2.24) is 10.2 Å². The molecule has 3 aromatic rings. The van der Waals surface area contributed by atoms with Crippen LogP contribution in [-0.2, 0) is 6.42 Å². The number of carbonyl (C=O) groups is 1. The molecule has 2 aromatic carbocycles. The van der Waals surface area contributed by atoms with Crippen molar-refractivity contribution in [2.45, 2.75) is 6.42 Å². The molecule has 0 spiro atoms. The number of halogens is 1. The van der Waals surface area contributed by atoms with Crippen molar-refractivity contribution in [3.05, 3.63) is 77.7 Å². The maximum Gasteiger partial charge on any atom is 0.276 e. The first kappa shape index (κ1) is 18.3. The van der Waals surface area contributed by atoms with Crippen LogP contribution in [0.2, 0.25) is 0 Å². The Bertz CT molecular complexity index is 916. The number of anilines is 2. The second-order valence-corrected chi connectivity index (χ2v) is 5.77. The fourth-order valence-corrected chi connectivity index (χ4v) is 2.46. The number of amides is 1. The molecule has 1 aromatic heterocycles. The van der Waals surface area contributed by atoms with E-state index in [0.29, 0.717) is 12.4 Å². The van der Waals surface area contributed by atoms with Gasteiger partial charge >= 0.3 is 0 Å². The van der Waals surface area contributed by atoms with Gasteiger partial charge in [-0.25, -0.2) is 4.39 Å². The first-order chi connectivity index (χ1) is 13.2. The predicted octanol–water partition coefficient (Wildman–Crippen LogP) is 3.53. The SMILES string of the molecule is COc1cccc(CCNc2ccc(C(=O)Nc3ccccc3F)nn2)c1. The molecule has 3 rings (SSSR count). The third kappa shape index (κ3) is 5.01. The summed E-state index contributed by atoms with van der Waals surface area (Å²) in [5, 5.41) is 13.5. The standard InChI is InChI=1S/C20H19FN4O2/c1-27-15-6-4-5-14(13-15)11-12-22-19-10-9-18(24-25-19)20(26)23-17-8-3-2-7-16(17)21/h2-10,13H,11-12H2,1H3,(H,22,25)(H,23,26). The number of hydrogen-bond donors (Lipinski definition) is 2. The number of aromatic nitrogens is 2. The van der Waals surface area contributed by atoms with Crippen LogP contribution in [0.15, 0.2) is 60.7 Å². The number of nitrogens with one attached hydrogen (secondary N) is 2. The average Bonchev–Trinajstić information content (AvgIpc) is 2.70. The van der Waals surface area contributed by atoms with Crippen LogP contribution in [0.25, 0.3) is 0 Å². The highest BCUT2D eigenvalue weighted by molar-refractivity contribution is 6.02. The van der Waals surface area contributed by atoms with E-state index in [2.05, 4.69) is 20.8 Å².